The lowest BCUT2D eigenvalue weighted by Crippen LogP contribution is -2.27. The summed E-state index contributed by atoms with van der Waals surface area (Å²) in [6.07, 6.45) is 1.67. The zero-order valence-electron chi connectivity index (χ0n) is 16.2. The lowest BCUT2D eigenvalue weighted by Gasteiger charge is -2.12. The second-order valence-electron chi connectivity index (χ2n) is 6.72. The molecule has 1 fully saturated rings. The van der Waals surface area contributed by atoms with Crippen molar-refractivity contribution in [3.63, 3.8) is 0 Å². The smallest absolute Gasteiger partial charge is 0.343 e. The van der Waals surface area contributed by atoms with Crippen LogP contribution >= 0.6 is 34.4 Å². The molecule has 1 heterocycles. The zero-order chi connectivity index (χ0) is 21.8. The molecule has 0 saturated carbocycles. The van der Waals surface area contributed by atoms with E-state index in [-0.39, 0.29) is 17.7 Å². The number of nitrogens with zero attached hydrogens (tertiary/aromatic N) is 1. The predicted molar refractivity (Wildman–Crippen MR) is 129 cm³/mol. The number of benzene rings is 3. The molecule has 0 N–H and O–H groups in total. The van der Waals surface area contributed by atoms with Crippen LogP contribution < -0.4 is 4.74 Å². The molecule has 154 valence electrons. The second kappa shape index (κ2) is 9.49. The molecule has 0 bridgehead atoms. The average molecular weight is 541 g/mol. The van der Waals surface area contributed by atoms with Gasteiger partial charge in [0.1, 0.15) is 5.75 Å². The van der Waals surface area contributed by atoms with Crippen LogP contribution in [-0.4, -0.2) is 22.0 Å². The zero-order valence-corrected chi connectivity index (χ0v) is 19.1. The van der Waals surface area contributed by atoms with Gasteiger partial charge in [0.2, 0.25) is 0 Å². The normalized spacial score (nSPS) is 14.9. The van der Waals surface area contributed by atoms with Crippen molar-refractivity contribution >= 4 is 57.5 Å². The Kier molecular flexibility index (Phi) is 6.53. The summed E-state index contributed by atoms with van der Waals surface area (Å²) in [5.41, 5.74) is 2.10. The maximum atomic E-state index is 12.7. The van der Waals surface area contributed by atoms with Crippen LogP contribution in [0.4, 0.5) is 4.79 Å². The Morgan fingerprint density at radius 2 is 1.61 bits per heavy atom. The standard InChI is InChI=1S/C24H16INO4S/c25-19-10-6-17(7-11-19)15-26-22(27)21(31-24(26)29)14-16-8-12-20(13-9-16)30-23(28)18-4-2-1-3-5-18/h1-14H,15H2/b21-14-. The minimum Gasteiger partial charge on any atom is -0.423 e. The van der Waals surface area contributed by atoms with E-state index in [1.54, 1.807) is 54.6 Å². The largest absolute Gasteiger partial charge is 0.423 e. The maximum absolute atomic E-state index is 12.7. The first kappa shape index (κ1) is 21.3. The van der Waals surface area contributed by atoms with Crippen molar-refractivity contribution in [1.82, 2.24) is 4.90 Å². The second-order valence-corrected chi connectivity index (χ2v) is 8.96. The highest BCUT2D eigenvalue weighted by atomic mass is 127. The van der Waals surface area contributed by atoms with Gasteiger partial charge in [-0.1, -0.05) is 42.5 Å². The summed E-state index contributed by atoms with van der Waals surface area (Å²) in [5, 5.41) is -0.289. The van der Waals surface area contributed by atoms with Crippen LogP contribution in [0.1, 0.15) is 21.5 Å². The van der Waals surface area contributed by atoms with Gasteiger partial charge >= 0.3 is 5.97 Å². The van der Waals surface area contributed by atoms with E-state index in [4.69, 9.17) is 4.74 Å². The highest BCUT2D eigenvalue weighted by Crippen LogP contribution is 2.33. The monoisotopic (exact) mass is 541 g/mol. The maximum Gasteiger partial charge on any atom is 0.343 e. The van der Waals surface area contributed by atoms with E-state index in [1.807, 2.05) is 30.3 Å². The van der Waals surface area contributed by atoms with Crippen LogP contribution in [0.3, 0.4) is 0 Å². The highest BCUT2D eigenvalue weighted by molar-refractivity contribution is 14.1. The van der Waals surface area contributed by atoms with Crippen molar-refractivity contribution in [3.8, 4) is 5.75 Å². The van der Waals surface area contributed by atoms with Crippen molar-refractivity contribution in [2.45, 2.75) is 6.54 Å². The van der Waals surface area contributed by atoms with E-state index in [0.717, 1.165) is 26.5 Å². The number of hydrogen-bond acceptors (Lipinski definition) is 5. The Morgan fingerprint density at radius 3 is 2.29 bits per heavy atom. The van der Waals surface area contributed by atoms with E-state index in [9.17, 15) is 14.4 Å². The molecule has 31 heavy (non-hydrogen) atoms. The molecular weight excluding hydrogens is 525 g/mol. The molecule has 1 aliphatic heterocycles. The molecule has 2 amide bonds. The Balaban J connectivity index is 1.43. The molecule has 0 aliphatic carbocycles. The van der Waals surface area contributed by atoms with Gasteiger partial charge in [-0.15, -0.1) is 0 Å². The molecule has 7 heteroatoms. The van der Waals surface area contributed by atoms with Gasteiger partial charge in [-0.3, -0.25) is 14.5 Å². The molecule has 3 aromatic rings. The van der Waals surface area contributed by atoms with Crippen LogP contribution in [0.5, 0.6) is 5.75 Å². The summed E-state index contributed by atoms with van der Waals surface area (Å²) in [6.45, 7) is 0.243. The van der Waals surface area contributed by atoms with Crippen molar-refractivity contribution in [2.24, 2.45) is 0 Å². The number of amides is 2. The molecule has 0 aromatic heterocycles. The number of imide groups is 1. The molecule has 1 aliphatic rings. The van der Waals surface area contributed by atoms with E-state index in [1.165, 1.54) is 4.90 Å². The topological polar surface area (TPSA) is 63.7 Å². The molecule has 5 nitrogen and oxygen atoms in total. The van der Waals surface area contributed by atoms with Crippen LogP contribution in [-0.2, 0) is 11.3 Å². The van der Waals surface area contributed by atoms with Crippen LogP contribution in [0.2, 0.25) is 0 Å². The summed E-state index contributed by atoms with van der Waals surface area (Å²) in [5.74, 6) is -0.351. The fourth-order valence-electron chi connectivity index (χ4n) is 2.93. The number of hydrogen-bond donors (Lipinski definition) is 0. The summed E-state index contributed by atoms with van der Waals surface area (Å²) < 4.78 is 6.45. The van der Waals surface area contributed by atoms with Gasteiger partial charge in [0.05, 0.1) is 17.0 Å². The van der Waals surface area contributed by atoms with Crippen LogP contribution in [0, 0.1) is 3.57 Å². The minimum atomic E-state index is -0.440. The number of halogens is 1. The first-order valence-corrected chi connectivity index (χ1v) is 11.3. The third kappa shape index (κ3) is 5.23. The van der Waals surface area contributed by atoms with Gasteiger partial charge in [-0.05, 0) is 88.0 Å². The molecule has 3 aromatic carbocycles. The molecule has 4 rings (SSSR count). The van der Waals surface area contributed by atoms with Gasteiger partial charge < -0.3 is 4.74 Å². The number of thioether (sulfide) groups is 1. The minimum absolute atomic E-state index is 0.243. The molecular formula is C24H16INO4S. The quantitative estimate of drug-likeness (QED) is 0.178. The first-order chi connectivity index (χ1) is 15.0. The Morgan fingerprint density at radius 1 is 0.935 bits per heavy atom. The Bertz CT molecular complexity index is 1160. The van der Waals surface area contributed by atoms with E-state index >= 15 is 0 Å². The van der Waals surface area contributed by atoms with Gasteiger partial charge in [0.15, 0.2) is 0 Å². The van der Waals surface area contributed by atoms with Crippen molar-refractivity contribution < 1.29 is 19.1 Å². The van der Waals surface area contributed by atoms with E-state index < -0.39 is 5.97 Å². The third-order valence-electron chi connectivity index (χ3n) is 4.53. The molecule has 0 atom stereocenters. The Hall–Kier alpha value is -2.91. The summed E-state index contributed by atoms with van der Waals surface area (Å²) in [4.78, 5) is 38.8. The van der Waals surface area contributed by atoms with Gasteiger partial charge in [0, 0.05) is 3.57 Å². The van der Waals surface area contributed by atoms with Gasteiger partial charge in [-0.25, -0.2) is 4.79 Å². The average Bonchev–Trinajstić information content (AvgIpc) is 3.04. The van der Waals surface area contributed by atoms with Crippen molar-refractivity contribution in [1.29, 1.82) is 0 Å². The fourth-order valence-corrected chi connectivity index (χ4v) is 4.13. The predicted octanol–water partition coefficient (Wildman–Crippen LogP) is 5.75. The molecule has 0 radical (unpaired) electrons. The van der Waals surface area contributed by atoms with E-state index in [2.05, 4.69) is 22.6 Å². The first-order valence-electron chi connectivity index (χ1n) is 9.37. The van der Waals surface area contributed by atoms with Crippen LogP contribution in [0.15, 0.2) is 83.8 Å². The summed E-state index contributed by atoms with van der Waals surface area (Å²) >= 11 is 3.13. The molecule has 1 saturated heterocycles. The SMILES string of the molecule is O=C(Oc1ccc(/C=C2\SC(=O)N(Cc3ccc(I)cc3)C2=O)cc1)c1ccccc1. The van der Waals surface area contributed by atoms with Gasteiger partial charge in [0.25, 0.3) is 11.1 Å². The Labute approximate surface area is 197 Å². The summed E-state index contributed by atoms with van der Waals surface area (Å²) in [6, 6.07) is 23.2. The number of esters is 1. The molecule has 0 unspecified atom stereocenters. The van der Waals surface area contributed by atoms with Crippen molar-refractivity contribution in [3.05, 3.63) is 104 Å². The fraction of sp³-hybridized carbons (Fsp3) is 0.0417. The van der Waals surface area contributed by atoms with E-state index in [0.29, 0.717) is 16.2 Å². The highest BCUT2D eigenvalue weighted by Gasteiger charge is 2.34. The van der Waals surface area contributed by atoms with Crippen LogP contribution in [0.25, 0.3) is 6.08 Å². The summed E-state index contributed by atoms with van der Waals surface area (Å²) in [7, 11) is 0. The lowest BCUT2D eigenvalue weighted by atomic mass is 10.2. The number of rotatable bonds is 5. The third-order valence-corrected chi connectivity index (χ3v) is 6.15. The van der Waals surface area contributed by atoms with Gasteiger partial charge in [-0.2, -0.15) is 0 Å². The number of carbonyl (C=O) groups is 3. The number of ether oxygens (including phenoxy) is 1. The number of carbonyl (C=O) groups excluding carboxylic acids is 3. The lowest BCUT2D eigenvalue weighted by molar-refractivity contribution is -0.123. The molecule has 0 spiro atoms. The van der Waals surface area contributed by atoms with Crippen molar-refractivity contribution in [2.75, 3.05) is 0 Å².